The standard InChI is InChI=1S/C12H17N5OS/c1-9-7-14-17(8-9)6-4-11(18)13-5-3-12-16-15-10(2)19-12/h7-8H,3-6H2,1-2H3,(H,13,18). The molecule has 1 N–H and O–H groups in total. The highest BCUT2D eigenvalue weighted by Gasteiger charge is 2.04. The first kappa shape index (κ1) is 13.7. The summed E-state index contributed by atoms with van der Waals surface area (Å²) in [6.07, 6.45) is 4.89. The van der Waals surface area contributed by atoms with Crippen molar-refractivity contribution in [3.63, 3.8) is 0 Å². The van der Waals surface area contributed by atoms with Crippen molar-refractivity contribution >= 4 is 17.2 Å². The number of nitrogens with one attached hydrogen (secondary N) is 1. The van der Waals surface area contributed by atoms with Gasteiger partial charge in [0.25, 0.3) is 0 Å². The second kappa shape index (κ2) is 6.42. The van der Waals surface area contributed by atoms with Gasteiger partial charge in [-0.05, 0) is 19.4 Å². The first-order valence-corrected chi connectivity index (χ1v) is 7.00. The molecule has 2 heterocycles. The van der Waals surface area contributed by atoms with Gasteiger partial charge in [-0.25, -0.2) is 0 Å². The molecule has 0 unspecified atom stereocenters. The highest BCUT2D eigenvalue weighted by atomic mass is 32.1. The van der Waals surface area contributed by atoms with Gasteiger partial charge in [0.15, 0.2) is 0 Å². The predicted molar refractivity (Wildman–Crippen MR) is 72.9 cm³/mol. The van der Waals surface area contributed by atoms with Crippen LogP contribution in [0.15, 0.2) is 12.4 Å². The Hall–Kier alpha value is -1.76. The van der Waals surface area contributed by atoms with Crippen LogP contribution in [0.3, 0.4) is 0 Å². The molecule has 0 bridgehead atoms. The largest absolute Gasteiger partial charge is 0.356 e. The Morgan fingerprint density at radius 2 is 2.26 bits per heavy atom. The molecule has 0 atom stereocenters. The molecule has 0 aliphatic heterocycles. The summed E-state index contributed by atoms with van der Waals surface area (Å²) in [4.78, 5) is 11.6. The lowest BCUT2D eigenvalue weighted by atomic mass is 10.3. The van der Waals surface area contributed by atoms with E-state index in [1.807, 2.05) is 20.0 Å². The van der Waals surface area contributed by atoms with E-state index in [0.29, 0.717) is 19.5 Å². The Morgan fingerprint density at radius 1 is 1.42 bits per heavy atom. The zero-order valence-corrected chi connectivity index (χ0v) is 11.9. The minimum atomic E-state index is 0.0365. The summed E-state index contributed by atoms with van der Waals surface area (Å²) in [6.45, 7) is 5.11. The van der Waals surface area contributed by atoms with Gasteiger partial charge in [-0.15, -0.1) is 21.5 Å². The van der Waals surface area contributed by atoms with E-state index in [0.717, 1.165) is 22.0 Å². The number of aryl methyl sites for hydroxylation is 3. The van der Waals surface area contributed by atoms with Gasteiger partial charge in [-0.1, -0.05) is 0 Å². The third kappa shape index (κ3) is 4.44. The Kier molecular flexibility index (Phi) is 4.62. The van der Waals surface area contributed by atoms with Crippen molar-refractivity contribution in [2.24, 2.45) is 0 Å². The SMILES string of the molecule is Cc1cnn(CCC(=O)NCCc2nnc(C)s2)c1. The van der Waals surface area contributed by atoms with E-state index in [4.69, 9.17) is 0 Å². The average Bonchev–Trinajstić information content (AvgIpc) is 2.96. The van der Waals surface area contributed by atoms with E-state index in [-0.39, 0.29) is 5.91 Å². The number of amides is 1. The molecule has 102 valence electrons. The fraction of sp³-hybridized carbons (Fsp3) is 0.500. The minimum absolute atomic E-state index is 0.0365. The molecule has 0 spiro atoms. The number of carbonyl (C=O) groups is 1. The van der Waals surface area contributed by atoms with Crippen LogP contribution in [0.1, 0.15) is 22.0 Å². The van der Waals surface area contributed by atoms with Gasteiger partial charge >= 0.3 is 0 Å². The smallest absolute Gasteiger partial charge is 0.221 e. The fourth-order valence-electron chi connectivity index (χ4n) is 1.64. The lowest BCUT2D eigenvalue weighted by molar-refractivity contribution is -0.121. The van der Waals surface area contributed by atoms with Crippen LogP contribution in [-0.2, 0) is 17.8 Å². The molecule has 2 aromatic rings. The lowest BCUT2D eigenvalue weighted by Crippen LogP contribution is -2.26. The van der Waals surface area contributed by atoms with Gasteiger partial charge in [-0.3, -0.25) is 9.48 Å². The first-order chi connectivity index (χ1) is 9.13. The molecule has 2 rings (SSSR count). The van der Waals surface area contributed by atoms with Crippen LogP contribution >= 0.6 is 11.3 Å². The number of rotatable bonds is 6. The van der Waals surface area contributed by atoms with Crippen molar-refractivity contribution in [1.29, 1.82) is 0 Å². The van der Waals surface area contributed by atoms with E-state index in [1.54, 1.807) is 22.2 Å². The molecular weight excluding hydrogens is 262 g/mol. The van der Waals surface area contributed by atoms with Gasteiger partial charge < -0.3 is 5.32 Å². The Morgan fingerprint density at radius 3 is 2.89 bits per heavy atom. The van der Waals surface area contributed by atoms with Crippen LogP contribution < -0.4 is 5.32 Å². The maximum absolute atomic E-state index is 11.6. The number of carbonyl (C=O) groups excluding carboxylic acids is 1. The van der Waals surface area contributed by atoms with E-state index in [9.17, 15) is 4.79 Å². The van der Waals surface area contributed by atoms with E-state index in [2.05, 4.69) is 20.6 Å². The molecular formula is C12H17N5OS. The van der Waals surface area contributed by atoms with Gasteiger partial charge in [0.05, 0.1) is 6.20 Å². The molecule has 7 heteroatoms. The second-order valence-electron chi connectivity index (χ2n) is 4.35. The molecule has 0 aliphatic carbocycles. The Balaban J connectivity index is 1.64. The van der Waals surface area contributed by atoms with Crippen LogP contribution in [0, 0.1) is 13.8 Å². The second-order valence-corrected chi connectivity index (χ2v) is 5.61. The van der Waals surface area contributed by atoms with Crippen molar-refractivity contribution in [3.05, 3.63) is 28.0 Å². The third-order valence-corrected chi connectivity index (χ3v) is 3.46. The number of hydrogen-bond acceptors (Lipinski definition) is 5. The van der Waals surface area contributed by atoms with Crippen molar-refractivity contribution in [2.45, 2.75) is 33.2 Å². The molecule has 2 aromatic heterocycles. The average molecular weight is 279 g/mol. The summed E-state index contributed by atoms with van der Waals surface area (Å²) in [6, 6.07) is 0. The Bertz CT molecular complexity index is 548. The topological polar surface area (TPSA) is 72.7 Å². The van der Waals surface area contributed by atoms with E-state index in [1.165, 1.54) is 0 Å². The van der Waals surface area contributed by atoms with Crippen LogP contribution in [0.5, 0.6) is 0 Å². The van der Waals surface area contributed by atoms with Crippen molar-refractivity contribution < 1.29 is 4.79 Å². The summed E-state index contributed by atoms with van der Waals surface area (Å²) >= 11 is 1.56. The normalized spacial score (nSPS) is 10.6. The summed E-state index contributed by atoms with van der Waals surface area (Å²) in [5.74, 6) is 0.0365. The molecule has 6 nitrogen and oxygen atoms in total. The van der Waals surface area contributed by atoms with Gasteiger partial charge in [0.2, 0.25) is 5.91 Å². The van der Waals surface area contributed by atoms with Crippen molar-refractivity contribution in [3.8, 4) is 0 Å². The highest BCUT2D eigenvalue weighted by molar-refractivity contribution is 7.11. The van der Waals surface area contributed by atoms with Gasteiger partial charge in [-0.2, -0.15) is 5.10 Å². The van der Waals surface area contributed by atoms with Crippen LogP contribution in [0.25, 0.3) is 0 Å². The van der Waals surface area contributed by atoms with Crippen LogP contribution in [-0.4, -0.2) is 32.4 Å². The summed E-state index contributed by atoms with van der Waals surface area (Å²) in [7, 11) is 0. The van der Waals surface area contributed by atoms with Gasteiger partial charge in [0.1, 0.15) is 10.0 Å². The van der Waals surface area contributed by atoms with E-state index >= 15 is 0 Å². The zero-order chi connectivity index (χ0) is 13.7. The lowest BCUT2D eigenvalue weighted by Gasteiger charge is -2.04. The molecule has 1 amide bonds. The summed E-state index contributed by atoms with van der Waals surface area (Å²) in [5, 5.41) is 16.9. The molecule has 0 radical (unpaired) electrons. The highest BCUT2D eigenvalue weighted by Crippen LogP contribution is 2.07. The molecule has 0 fully saturated rings. The Labute approximate surface area is 115 Å². The fourth-order valence-corrected chi connectivity index (χ4v) is 2.35. The number of hydrogen-bond donors (Lipinski definition) is 1. The summed E-state index contributed by atoms with van der Waals surface area (Å²) in [5.41, 5.74) is 1.10. The first-order valence-electron chi connectivity index (χ1n) is 6.18. The number of aromatic nitrogens is 4. The molecule has 0 saturated carbocycles. The van der Waals surface area contributed by atoms with Crippen molar-refractivity contribution in [1.82, 2.24) is 25.3 Å². The zero-order valence-electron chi connectivity index (χ0n) is 11.1. The van der Waals surface area contributed by atoms with Crippen LogP contribution in [0.2, 0.25) is 0 Å². The summed E-state index contributed by atoms with van der Waals surface area (Å²) < 4.78 is 1.78. The maximum atomic E-state index is 11.6. The van der Waals surface area contributed by atoms with Crippen molar-refractivity contribution in [2.75, 3.05) is 6.54 Å². The third-order valence-electron chi connectivity index (χ3n) is 2.56. The van der Waals surface area contributed by atoms with Gasteiger partial charge in [0, 0.05) is 32.1 Å². The molecule has 19 heavy (non-hydrogen) atoms. The quantitative estimate of drug-likeness (QED) is 0.859. The van der Waals surface area contributed by atoms with Crippen LogP contribution in [0.4, 0.5) is 0 Å². The molecule has 0 aromatic carbocycles. The predicted octanol–water partition coefficient (Wildman–Crippen LogP) is 1.10. The number of nitrogens with zero attached hydrogens (tertiary/aromatic N) is 4. The maximum Gasteiger partial charge on any atom is 0.221 e. The minimum Gasteiger partial charge on any atom is -0.356 e. The molecule has 0 aliphatic rings. The molecule has 0 saturated heterocycles. The monoisotopic (exact) mass is 279 g/mol. The van der Waals surface area contributed by atoms with E-state index < -0.39 is 0 Å².